The van der Waals surface area contributed by atoms with Gasteiger partial charge in [0.15, 0.2) is 11.0 Å². The number of thioether (sulfide) groups is 1. The number of carbonyl (C=O) groups is 1. The summed E-state index contributed by atoms with van der Waals surface area (Å²) >= 11 is 1.32. The van der Waals surface area contributed by atoms with Crippen molar-refractivity contribution in [2.24, 2.45) is 0 Å². The van der Waals surface area contributed by atoms with Crippen molar-refractivity contribution in [1.29, 1.82) is 0 Å². The van der Waals surface area contributed by atoms with Gasteiger partial charge in [-0.1, -0.05) is 43.0 Å². The molecule has 0 aliphatic rings. The third-order valence-electron chi connectivity index (χ3n) is 4.87. The number of ether oxygens (including phenoxy) is 1. The number of pyridine rings is 1. The Morgan fingerprint density at radius 1 is 1.06 bits per heavy atom. The molecule has 2 aromatic heterocycles. The third-order valence-corrected chi connectivity index (χ3v) is 5.80. The van der Waals surface area contributed by atoms with Gasteiger partial charge in [0.05, 0.1) is 18.6 Å². The molecule has 0 fully saturated rings. The highest BCUT2D eigenvalue weighted by atomic mass is 32.2. The number of aromatic nitrogens is 4. The van der Waals surface area contributed by atoms with Crippen molar-refractivity contribution in [2.75, 3.05) is 18.2 Å². The van der Waals surface area contributed by atoms with Crippen LogP contribution in [0.2, 0.25) is 0 Å². The van der Waals surface area contributed by atoms with Gasteiger partial charge < -0.3 is 10.1 Å². The van der Waals surface area contributed by atoms with Crippen molar-refractivity contribution >= 4 is 23.4 Å². The molecular formula is C24H23N5O2S. The number of hydrogen-bond donors (Lipinski definition) is 1. The molecule has 2 heterocycles. The first-order valence-electron chi connectivity index (χ1n) is 10.2. The van der Waals surface area contributed by atoms with Gasteiger partial charge in [0.2, 0.25) is 5.91 Å². The standard InChI is InChI=1S/C24H23N5O2S/c1-3-17-10-12-19(13-11-17)29-23(18-7-6-14-25-15-18)27-28-24(29)32-16-22(30)26-20-8-4-5-9-21(20)31-2/h4-15H,3,16H2,1-2H3,(H,26,30). The summed E-state index contributed by atoms with van der Waals surface area (Å²) in [6.45, 7) is 2.12. The van der Waals surface area contributed by atoms with E-state index in [0.717, 1.165) is 17.7 Å². The number of hydrogen-bond acceptors (Lipinski definition) is 6. The molecule has 162 valence electrons. The number of methoxy groups -OCH3 is 1. The van der Waals surface area contributed by atoms with E-state index < -0.39 is 0 Å². The molecule has 4 rings (SSSR count). The molecule has 0 atom stereocenters. The molecule has 0 unspecified atom stereocenters. The lowest BCUT2D eigenvalue weighted by atomic mass is 10.1. The van der Waals surface area contributed by atoms with Gasteiger partial charge in [-0.05, 0) is 48.4 Å². The Bertz CT molecular complexity index is 1190. The molecule has 7 nitrogen and oxygen atoms in total. The van der Waals surface area contributed by atoms with E-state index in [-0.39, 0.29) is 11.7 Å². The average molecular weight is 446 g/mol. The van der Waals surface area contributed by atoms with Crippen molar-refractivity contribution in [2.45, 2.75) is 18.5 Å². The molecule has 0 bridgehead atoms. The van der Waals surface area contributed by atoms with Crippen molar-refractivity contribution < 1.29 is 9.53 Å². The van der Waals surface area contributed by atoms with Crippen LogP contribution in [0, 0.1) is 0 Å². The number of rotatable bonds is 8. The van der Waals surface area contributed by atoms with E-state index >= 15 is 0 Å². The summed E-state index contributed by atoms with van der Waals surface area (Å²) in [5.41, 5.74) is 3.66. The molecule has 0 aliphatic heterocycles. The fraction of sp³-hybridized carbons (Fsp3) is 0.167. The molecular weight excluding hydrogens is 422 g/mol. The van der Waals surface area contributed by atoms with E-state index in [0.29, 0.717) is 22.4 Å². The second-order valence-electron chi connectivity index (χ2n) is 6.94. The number of benzene rings is 2. The van der Waals surface area contributed by atoms with E-state index in [4.69, 9.17) is 4.74 Å². The number of amides is 1. The number of carbonyl (C=O) groups excluding carboxylic acids is 1. The molecule has 0 radical (unpaired) electrons. The first-order valence-corrected chi connectivity index (χ1v) is 11.2. The SMILES string of the molecule is CCc1ccc(-n2c(SCC(=O)Nc3ccccc3OC)nnc2-c2cccnc2)cc1. The van der Waals surface area contributed by atoms with E-state index in [9.17, 15) is 4.79 Å². The van der Waals surface area contributed by atoms with Gasteiger partial charge >= 0.3 is 0 Å². The van der Waals surface area contributed by atoms with Crippen LogP contribution in [0.15, 0.2) is 78.2 Å². The molecule has 1 N–H and O–H groups in total. The lowest BCUT2D eigenvalue weighted by Crippen LogP contribution is -2.15. The highest BCUT2D eigenvalue weighted by Crippen LogP contribution is 2.28. The van der Waals surface area contributed by atoms with Gasteiger partial charge in [0.1, 0.15) is 5.75 Å². The minimum atomic E-state index is -0.154. The monoisotopic (exact) mass is 445 g/mol. The number of para-hydroxylation sites is 2. The Labute approximate surface area is 190 Å². The molecule has 0 saturated carbocycles. The lowest BCUT2D eigenvalue weighted by molar-refractivity contribution is -0.113. The summed E-state index contributed by atoms with van der Waals surface area (Å²) in [6.07, 6.45) is 4.44. The Kier molecular flexibility index (Phi) is 6.81. The molecule has 8 heteroatoms. The minimum Gasteiger partial charge on any atom is -0.495 e. The number of anilines is 1. The predicted molar refractivity (Wildman–Crippen MR) is 126 cm³/mol. The topological polar surface area (TPSA) is 81.9 Å². The zero-order chi connectivity index (χ0) is 22.3. The van der Waals surface area contributed by atoms with Crippen LogP contribution >= 0.6 is 11.8 Å². The van der Waals surface area contributed by atoms with Crippen LogP contribution in [0.5, 0.6) is 5.75 Å². The molecule has 1 amide bonds. The quantitative estimate of drug-likeness (QED) is 0.398. The van der Waals surface area contributed by atoms with Gasteiger partial charge in [-0.25, -0.2) is 0 Å². The van der Waals surface area contributed by atoms with Crippen LogP contribution < -0.4 is 10.1 Å². The van der Waals surface area contributed by atoms with Crippen molar-refractivity contribution in [1.82, 2.24) is 19.7 Å². The van der Waals surface area contributed by atoms with Crippen LogP contribution in [0.3, 0.4) is 0 Å². The molecule has 0 saturated heterocycles. The van der Waals surface area contributed by atoms with Gasteiger partial charge in [-0.15, -0.1) is 10.2 Å². The van der Waals surface area contributed by atoms with Gasteiger partial charge in [0.25, 0.3) is 0 Å². The summed E-state index contributed by atoms with van der Waals surface area (Å²) in [5, 5.41) is 12.3. The Morgan fingerprint density at radius 3 is 2.59 bits per heavy atom. The van der Waals surface area contributed by atoms with Gasteiger partial charge in [-0.3, -0.25) is 14.3 Å². The number of nitrogens with one attached hydrogen (secondary N) is 1. The van der Waals surface area contributed by atoms with Crippen LogP contribution in [0.1, 0.15) is 12.5 Å². The second-order valence-corrected chi connectivity index (χ2v) is 7.88. The molecule has 4 aromatic rings. The molecule has 32 heavy (non-hydrogen) atoms. The maximum Gasteiger partial charge on any atom is 0.234 e. The minimum absolute atomic E-state index is 0.154. The average Bonchev–Trinajstić information content (AvgIpc) is 3.27. The molecule has 0 spiro atoms. The second kappa shape index (κ2) is 10.1. The van der Waals surface area contributed by atoms with Gasteiger partial charge in [0, 0.05) is 23.6 Å². The highest BCUT2D eigenvalue weighted by Gasteiger charge is 2.18. The Balaban J connectivity index is 1.59. The van der Waals surface area contributed by atoms with Crippen molar-refractivity contribution in [3.8, 4) is 22.8 Å². The van der Waals surface area contributed by atoms with Crippen molar-refractivity contribution in [3.63, 3.8) is 0 Å². The summed E-state index contributed by atoms with van der Waals surface area (Å²) in [6, 6.07) is 19.4. The lowest BCUT2D eigenvalue weighted by Gasteiger charge is -2.12. The summed E-state index contributed by atoms with van der Waals surface area (Å²) in [7, 11) is 1.58. The van der Waals surface area contributed by atoms with Crippen LogP contribution in [-0.2, 0) is 11.2 Å². The maximum absolute atomic E-state index is 12.6. The van der Waals surface area contributed by atoms with E-state index in [1.54, 1.807) is 31.6 Å². The van der Waals surface area contributed by atoms with Gasteiger partial charge in [-0.2, -0.15) is 0 Å². The van der Waals surface area contributed by atoms with E-state index in [1.807, 2.05) is 41.0 Å². The summed E-state index contributed by atoms with van der Waals surface area (Å²) in [5.74, 6) is 1.31. The summed E-state index contributed by atoms with van der Waals surface area (Å²) in [4.78, 5) is 16.8. The Hall–Kier alpha value is -3.65. The maximum atomic E-state index is 12.6. The van der Waals surface area contributed by atoms with Crippen molar-refractivity contribution in [3.05, 3.63) is 78.6 Å². The fourth-order valence-corrected chi connectivity index (χ4v) is 3.98. The Morgan fingerprint density at radius 2 is 1.88 bits per heavy atom. The molecule has 2 aromatic carbocycles. The number of nitrogens with zero attached hydrogens (tertiary/aromatic N) is 4. The smallest absolute Gasteiger partial charge is 0.234 e. The van der Waals surface area contributed by atoms with E-state index in [1.165, 1.54) is 17.3 Å². The van der Waals surface area contributed by atoms with Crippen LogP contribution in [0.4, 0.5) is 5.69 Å². The number of aryl methyl sites for hydroxylation is 1. The zero-order valence-electron chi connectivity index (χ0n) is 17.9. The first kappa shape index (κ1) is 21.6. The third kappa shape index (κ3) is 4.81. The zero-order valence-corrected chi connectivity index (χ0v) is 18.7. The van der Waals surface area contributed by atoms with E-state index in [2.05, 4.69) is 39.6 Å². The normalized spacial score (nSPS) is 10.7. The predicted octanol–water partition coefficient (Wildman–Crippen LogP) is 4.63. The van der Waals surface area contributed by atoms with Crippen LogP contribution in [-0.4, -0.2) is 38.5 Å². The van der Waals surface area contributed by atoms with Crippen LogP contribution in [0.25, 0.3) is 17.1 Å². The largest absolute Gasteiger partial charge is 0.495 e. The first-order chi connectivity index (χ1) is 15.7. The summed E-state index contributed by atoms with van der Waals surface area (Å²) < 4.78 is 7.26. The fourth-order valence-electron chi connectivity index (χ4n) is 3.22. The highest BCUT2D eigenvalue weighted by molar-refractivity contribution is 7.99. The molecule has 0 aliphatic carbocycles.